The van der Waals surface area contributed by atoms with Gasteiger partial charge in [-0.25, -0.2) is 4.39 Å². The van der Waals surface area contributed by atoms with E-state index in [0.717, 1.165) is 11.3 Å². The van der Waals surface area contributed by atoms with Gasteiger partial charge in [-0.3, -0.25) is 0 Å². The molecule has 0 aliphatic carbocycles. The van der Waals surface area contributed by atoms with Crippen molar-refractivity contribution in [2.24, 2.45) is 0 Å². The van der Waals surface area contributed by atoms with Crippen molar-refractivity contribution in [3.05, 3.63) is 29.6 Å². The molecule has 1 aromatic rings. The van der Waals surface area contributed by atoms with Crippen molar-refractivity contribution in [2.75, 3.05) is 18.5 Å². The summed E-state index contributed by atoms with van der Waals surface area (Å²) in [4.78, 5) is 1.96. The Bertz CT molecular complexity index is 447. The van der Waals surface area contributed by atoms with E-state index in [4.69, 9.17) is 0 Å². The lowest BCUT2D eigenvalue weighted by atomic mass is 10.1. The van der Waals surface area contributed by atoms with Crippen LogP contribution in [-0.2, 0) is 6.54 Å². The highest BCUT2D eigenvalue weighted by Gasteiger charge is 2.19. The van der Waals surface area contributed by atoms with Crippen molar-refractivity contribution in [1.29, 1.82) is 0 Å². The molecule has 0 aliphatic rings. The second kappa shape index (κ2) is 6.10. The van der Waals surface area contributed by atoms with Crippen LogP contribution in [0.3, 0.4) is 0 Å². The van der Waals surface area contributed by atoms with E-state index in [-0.39, 0.29) is 11.4 Å². The number of hydrogen-bond acceptors (Lipinski definition) is 3. The summed E-state index contributed by atoms with van der Waals surface area (Å²) in [5.41, 5.74) is 1.01. The van der Waals surface area contributed by atoms with Gasteiger partial charge in [-0.05, 0) is 58.4 Å². The summed E-state index contributed by atoms with van der Waals surface area (Å²) in [5.74, 6) is -0.240. The van der Waals surface area contributed by atoms with Crippen molar-refractivity contribution in [3.63, 3.8) is 0 Å². The zero-order valence-electron chi connectivity index (χ0n) is 13.4. The molecule has 0 fully saturated rings. The molecule has 2 N–H and O–H groups in total. The summed E-state index contributed by atoms with van der Waals surface area (Å²) in [6, 6.07) is 4.77. The summed E-state index contributed by atoms with van der Waals surface area (Å²) in [5, 5.41) is 13.3. The first-order chi connectivity index (χ1) is 8.98. The SMILES string of the molecule is CN(CC(C)(C)O)c1ccc(F)cc1CNC(C)(C)C. The highest BCUT2D eigenvalue weighted by molar-refractivity contribution is 5.53. The van der Waals surface area contributed by atoms with E-state index in [9.17, 15) is 9.50 Å². The molecule has 0 heterocycles. The van der Waals surface area contributed by atoms with Gasteiger partial charge in [0.15, 0.2) is 0 Å². The molecule has 0 amide bonds. The lowest BCUT2D eigenvalue weighted by Gasteiger charge is -2.30. The molecule has 0 saturated heterocycles. The maximum absolute atomic E-state index is 13.5. The van der Waals surface area contributed by atoms with Gasteiger partial charge in [0.25, 0.3) is 0 Å². The van der Waals surface area contributed by atoms with E-state index in [0.29, 0.717) is 13.1 Å². The predicted octanol–water partition coefficient (Wildman–Crippen LogP) is 2.92. The van der Waals surface area contributed by atoms with Crippen LogP contribution in [0.4, 0.5) is 10.1 Å². The number of aliphatic hydroxyl groups is 1. The molecule has 0 bridgehead atoms. The number of rotatable bonds is 5. The molecule has 0 saturated carbocycles. The molecule has 0 atom stereocenters. The molecule has 4 heteroatoms. The zero-order valence-corrected chi connectivity index (χ0v) is 13.4. The predicted molar refractivity (Wildman–Crippen MR) is 82.6 cm³/mol. The van der Waals surface area contributed by atoms with Crippen LogP contribution in [0.25, 0.3) is 0 Å². The van der Waals surface area contributed by atoms with Crippen LogP contribution >= 0.6 is 0 Å². The van der Waals surface area contributed by atoms with Gasteiger partial charge in [0.1, 0.15) is 5.82 Å². The van der Waals surface area contributed by atoms with Crippen molar-refractivity contribution < 1.29 is 9.50 Å². The fourth-order valence-electron chi connectivity index (χ4n) is 2.09. The Kier molecular flexibility index (Phi) is 5.16. The molecule has 1 aromatic carbocycles. The number of halogens is 1. The molecule has 0 radical (unpaired) electrons. The maximum atomic E-state index is 13.5. The molecule has 3 nitrogen and oxygen atoms in total. The van der Waals surface area contributed by atoms with Gasteiger partial charge in [-0.2, -0.15) is 0 Å². The first-order valence-electron chi connectivity index (χ1n) is 6.95. The minimum atomic E-state index is -0.794. The summed E-state index contributed by atoms with van der Waals surface area (Å²) in [6.07, 6.45) is 0. The maximum Gasteiger partial charge on any atom is 0.123 e. The van der Waals surface area contributed by atoms with Gasteiger partial charge in [0, 0.05) is 31.4 Å². The molecule has 0 unspecified atom stereocenters. The van der Waals surface area contributed by atoms with Crippen LogP contribution < -0.4 is 10.2 Å². The average molecular weight is 282 g/mol. The van der Waals surface area contributed by atoms with Crippen LogP contribution in [0.5, 0.6) is 0 Å². The standard InChI is InChI=1S/C16H27FN2O/c1-15(2,3)18-10-12-9-13(17)7-8-14(12)19(6)11-16(4,5)20/h7-9,18,20H,10-11H2,1-6H3. The lowest BCUT2D eigenvalue weighted by Crippen LogP contribution is -2.38. The monoisotopic (exact) mass is 282 g/mol. The minimum Gasteiger partial charge on any atom is -0.389 e. The highest BCUT2D eigenvalue weighted by atomic mass is 19.1. The Balaban J connectivity index is 2.95. The van der Waals surface area contributed by atoms with E-state index in [1.807, 2.05) is 11.9 Å². The van der Waals surface area contributed by atoms with Gasteiger partial charge < -0.3 is 15.3 Å². The van der Waals surface area contributed by atoms with Crippen molar-refractivity contribution in [2.45, 2.75) is 52.3 Å². The van der Waals surface area contributed by atoms with Gasteiger partial charge in [-0.1, -0.05) is 0 Å². The Morgan fingerprint density at radius 1 is 1.20 bits per heavy atom. The normalized spacial score (nSPS) is 12.6. The van der Waals surface area contributed by atoms with E-state index >= 15 is 0 Å². The molecule has 0 aromatic heterocycles. The summed E-state index contributed by atoms with van der Waals surface area (Å²) < 4.78 is 13.5. The van der Waals surface area contributed by atoms with Crippen LogP contribution in [0.1, 0.15) is 40.2 Å². The highest BCUT2D eigenvalue weighted by Crippen LogP contribution is 2.23. The lowest BCUT2D eigenvalue weighted by molar-refractivity contribution is 0.0886. The summed E-state index contributed by atoms with van der Waals surface area (Å²) >= 11 is 0. The third kappa shape index (κ3) is 5.88. The fourth-order valence-corrected chi connectivity index (χ4v) is 2.09. The number of nitrogens with one attached hydrogen (secondary N) is 1. The number of anilines is 1. The third-order valence-electron chi connectivity index (χ3n) is 2.89. The van der Waals surface area contributed by atoms with Crippen molar-refractivity contribution in [1.82, 2.24) is 5.32 Å². The Morgan fingerprint density at radius 3 is 2.30 bits per heavy atom. The molecular formula is C16H27FN2O. The molecular weight excluding hydrogens is 255 g/mol. The second-order valence-electron chi connectivity index (χ2n) is 7.05. The minimum absolute atomic E-state index is 0.0294. The second-order valence-corrected chi connectivity index (χ2v) is 7.05. The molecule has 0 aliphatic heterocycles. The third-order valence-corrected chi connectivity index (χ3v) is 2.89. The number of nitrogens with zero attached hydrogens (tertiary/aromatic N) is 1. The quantitative estimate of drug-likeness (QED) is 0.871. The van der Waals surface area contributed by atoms with E-state index in [1.54, 1.807) is 26.0 Å². The Labute approximate surface area is 121 Å². The van der Waals surface area contributed by atoms with Crippen LogP contribution in [0, 0.1) is 5.82 Å². The van der Waals surface area contributed by atoms with E-state index in [2.05, 4.69) is 26.1 Å². The van der Waals surface area contributed by atoms with Crippen molar-refractivity contribution in [3.8, 4) is 0 Å². The van der Waals surface area contributed by atoms with Crippen molar-refractivity contribution >= 4 is 5.69 Å². The first kappa shape index (κ1) is 16.9. The Morgan fingerprint density at radius 2 is 1.80 bits per heavy atom. The van der Waals surface area contributed by atoms with E-state index < -0.39 is 5.60 Å². The molecule has 20 heavy (non-hydrogen) atoms. The van der Waals surface area contributed by atoms with Gasteiger partial charge in [-0.15, -0.1) is 0 Å². The first-order valence-corrected chi connectivity index (χ1v) is 6.95. The van der Waals surface area contributed by atoms with Gasteiger partial charge in [0.05, 0.1) is 5.60 Å². The zero-order chi connectivity index (χ0) is 15.6. The number of benzene rings is 1. The molecule has 114 valence electrons. The average Bonchev–Trinajstić information content (AvgIpc) is 2.22. The van der Waals surface area contributed by atoms with Crippen LogP contribution in [-0.4, -0.2) is 29.8 Å². The largest absolute Gasteiger partial charge is 0.389 e. The number of likely N-dealkylation sites (N-methyl/N-ethyl adjacent to an activating group) is 1. The fraction of sp³-hybridized carbons (Fsp3) is 0.625. The number of hydrogen-bond donors (Lipinski definition) is 2. The summed E-state index contributed by atoms with van der Waals surface area (Å²) in [6.45, 7) is 10.8. The topological polar surface area (TPSA) is 35.5 Å². The van der Waals surface area contributed by atoms with Crippen LogP contribution in [0.15, 0.2) is 18.2 Å². The Hall–Kier alpha value is -1.13. The molecule has 0 spiro atoms. The van der Waals surface area contributed by atoms with E-state index in [1.165, 1.54) is 6.07 Å². The van der Waals surface area contributed by atoms with Gasteiger partial charge >= 0.3 is 0 Å². The smallest absolute Gasteiger partial charge is 0.123 e. The summed E-state index contributed by atoms with van der Waals surface area (Å²) in [7, 11) is 1.91. The van der Waals surface area contributed by atoms with Crippen LogP contribution in [0.2, 0.25) is 0 Å². The van der Waals surface area contributed by atoms with Gasteiger partial charge in [0.2, 0.25) is 0 Å². The molecule has 1 rings (SSSR count).